The Morgan fingerprint density at radius 3 is 2.58 bits per heavy atom. The van der Waals surface area contributed by atoms with Crippen molar-refractivity contribution in [2.24, 2.45) is 10.9 Å². The summed E-state index contributed by atoms with van der Waals surface area (Å²) in [6, 6.07) is 12.4. The van der Waals surface area contributed by atoms with Gasteiger partial charge in [-0.15, -0.1) is 0 Å². The molecule has 1 aliphatic carbocycles. The standard InChI is InChI=1S/C32H36N6O7/c1-2-14-44-22-8-6-19(7-9-22)29(42)38-18-31(17-25(38)28(41)36-32(12-13-32)30(33)43)16-24(37-45-31)20-4-3-5-21(15-20)34-27(40)23-10-11-26(39)35-23/h3-9,15,23,25H,2,10-14,16-18H2,1H3,(H2,33,43)(H,34,40)(H,35,39)(H,36,41)/t23-,25-,31?/m0/s1. The first-order valence-electron chi connectivity index (χ1n) is 15.2. The minimum Gasteiger partial charge on any atom is -0.494 e. The summed E-state index contributed by atoms with van der Waals surface area (Å²) in [6.07, 6.45) is 2.96. The Bertz CT molecular complexity index is 1570. The van der Waals surface area contributed by atoms with Gasteiger partial charge >= 0.3 is 0 Å². The van der Waals surface area contributed by atoms with Gasteiger partial charge in [0, 0.05) is 36.1 Å². The van der Waals surface area contributed by atoms with Gasteiger partial charge in [0.25, 0.3) is 5.91 Å². The third-order valence-electron chi connectivity index (χ3n) is 8.74. The molecule has 2 saturated heterocycles. The highest BCUT2D eigenvalue weighted by Gasteiger charge is 2.57. The SMILES string of the molecule is CCCOc1ccc(C(=O)N2CC3(CC(c4cccc(NC(=O)[C@@H]5CCC(=O)N5)c4)=NO3)C[C@H]2C(=O)NC2(C(N)=O)CC2)cc1. The number of nitrogens with one attached hydrogen (secondary N) is 3. The summed E-state index contributed by atoms with van der Waals surface area (Å²) in [5.41, 5.74) is 5.72. The van der Waals surface area contributed by atoms with Crippen LogP contribution in [0.25, 0.3) is 0 Å². The lowest BCUT2D eigenvalue weighted by Crippen LogP contribution is -2.53. The van der Waals surface area contributed by atoms with Gasteiger partial charge in [0.2, 0.25) is 23.6 Å². The molecule has 1 unspecified atom stereocenters. The first-order chi connectivity index (χ1) is 21.6. The molecule has 2 aromatic rings. The van der Waals surface area contributed by atoms with Crippen LogP contribution in [-0.2, 0) is 24.0 Å². The van der Waals surface area contributed by atoms with E-state index in [9.17, 15) is 24.0 Å². The molecular weight excluding hydrogens is 580 g/mol. The Labute approximate surface area is 259 Å². The third-order valence-corrected chi connectivity index (χ3v) is 8.74. The van der Waals surface area contributed by atoms with E-state index in [1.54, 1.807) is 42.5 Å². The number of amides is 5. The third kappa shape index (κ3) is 6.19. The van der Waals surface area contributed by atoms with Gasteiger partial charge in [-0.1, -0.05) is 24.2 Å². The molecule has 2 aromatic carbocycles. The van der Waals surface area contributed by atoms with E-state index in [2.05, 4.69) is 21.1 Å². The molecule has 5 N–H and O–H groups in total. The van der Waals surface area contributed by atoms with E-state index < -0.39 is 35.0 Å². The second-order valence-corrected chi connectivity index (χ2v) is 12.2. The number of carbonyl (C=O) groups excluding carboxylic acids is 5. The smallest absolute Gasteiger partial charge is 0.254 e. The van der Waals surface area contributed by atoms with Gasteiger partial charge in [0.15, 0.2) is 5.60 Å². The summed E-state index contributed by atoms with van der Waals surface area (Å²) < 4.78 is 5.64. The Kier molecular flexibility index (Phi) is 7.94. The van der Waals surface area contributed by atoms with E-state index >= 15 is 0 Å². The molecule has 13 nitrogen and oxygen atoms in total. The van der Waals surface area contributed by atoms with E-state index in [1.807, 2.05) is 13.0 Å². The molecule has 0 aromatic heterocycles. The molecule has 4 aliphatic rings. The summed E-state index contributed by atoms with van der Waals surface area (Å²) in [5, 5.41) is 12.6. The summed E-state index contributed by atoms with van der Waals surface area (Å²) >= 11 is 0. The van der Waals surface area contributed by atoms with Crippen molar-refractivity contribution >= 4 is 40.9 Å². The molecule has 3 aliphatic heterocycles. The number of rotatable bonds is 10. The number of carbonyl (C=O) groups is 5. The summed E-state index contributed by atoms with van der Waals surface area (Å²) in [6.45, 7) is 2.65. The van der Waals surface area contributed by atoms with Crippen LogP contribution < -0.4 is 26.4 Å². The maximum Gasteiger partial charge on any atom is 0.254 e. The number of hydrogen-bond acceptors (Lipinski definition) is 8. The number of benzene rings is 2. The second kappa shape index (κ2) is 11.9. The quantitative estimate of drug-likeness (QED) is 0.313. The highest BCUT2D eigenvalue weighted by atomic mass is 16.7. The van der Waals surface area contributed by atoms with E-state index in [1.165, 1.54) is 4.90 Å². The predicted molar refractivity (Wildman–Crippen MR) is 162 cm³/mol. The molecule has 6 rings (SSSR count). The fourth-order valence-corrected chi connectivity index (χ4v) is 6.04. The van der Waals surface area contributed by atoms with Gasteiger partial charge in [-0.3, -0.25) is 24.0 Å². The number of hydrogen-bond donors (Lipinski definition) is 4. The molecule has 3 fully saturated rings. The zero-order chi connectivity index (χ0) is 31.8. The molecule has 0 radical (unpaired) electrons. The van der Waals surface area contributed by atoms with Crippen LogP contribution >= 0.6 is 0 Å². The van der Waals surface area contributed by atoms with Gasteiger partial charge in [-0.2, -0.15) is 0 Å². The first kappa shape index (κ1) is 30.1. The van der Waals surface area contributed by atoms with Crippen molar-refractivity contribution in [1.29, 1.82) is 0 Å². The monoisotopic (exact) mass is 616 g/mol. The Morgan fingerprint density at radius 2 is 1.91 bits per heavy atom. The Morgan fingerprint density at radius 1 is 1.13 bits per heavy atom. The lowest BCUT2D eigenvalue weighted by atomic mass is 9.91. The molecule has 5 amide bonds. The molecule has 45 heavy (non-hydrogen) atoms. The van der Waals surface area contributed by atoms with Crippen LogP contribution in [0, 0.1) is 0 Å². The van der Waals surface area contributed by atoms with Crippen LogP contribution in [0.2, 0.25) is 0 Å². The highest BCUT2D eigenvalue weighted by molar-refractivity contribution is 6.05. The summed E-state index contributed by atoms with van der Waals surface area (Å²) in [5.74, 6) is -1.25. The summed E-state index contributed by atoms with van der Waals surface area (Å²) in [4.78, 5) is 71.1. The zero-order valence-corrected chi connectivity index (χ0v) is 25.0. The van der Waals surface area contributed by atoms with Gasteiger partial charge in [0.05, 0.1) is 18.9 Å². The van der Waals surface area contributed by atoms with Crippen molar-refractivity contribution in [1.82, 2.24) is 15.5 Å². The van der Waals surface area contributed by atoms with E-state index in [-0.39, 0.29) is 30.7 Å². The van der Waals surface area contributed by atoms with Crippen LogP contribution in [0.1, 0.15) is 67.8 Å². The molecule has 1 spiro atoms. The number of ether oxygens (including phenoxy) is 1. The van der Waals surface area contributed by atoms with Crippen molar-refractivity contribution in [2.75, 3.05) is 18.5 Å². The Hall–Kier alpha value is -4.94. The maximum absolute atomic E-state index is 13.8. The van der Waals surface area contributed by atoms with E-state index in [0.29, 0.717) is 67.0 Å². The molecule has 13 heteroatoms. The fourth-order valence-electron chi connectivity index (χ4n) is 6.04. The minimum atomic E-state index is -1.09. The number of nitrogens with two attached hydrogens (primary N) is 1. The Balaban J connectivity index is 1.19. The summed E-state index contributed by atoms with van der Waals surface area (Å²) in [7, 11) is 0. The minimum absolute atomic E-state index is 0.0897. The number of primary amides is 1. The van der Waals surface area contributed by atoms with Crippen molar-refractivity contribution < 1.29 is 33.5 Å². The lowest BCUT2D eigenvalue weighted by molar-refractivity contribution is -0.130. The second-order valence-electron chi connectivity index (χ2n) is 12.2. The average Bonchev–Trinajstić information content (AvgIpc) is 3.34. The first-order valence-corrected chi connectivity index (χ1v) is 15.2. The van der Waals surface area contributed by atoms with Gasteiger partial charge < -0.3 is 36.2 Å². The largest absolute Gasteiger partial charge is 0.494 e. The van der Waals surface area contributed by atoms with Crippen LogP contribution in [0.4, 0.5) is 5.69 Å². The van der Waals surface area contributed by atoms with Crippen LogP contribution in [-0.4, -0.2) is 76.5 Å². The molecule has 1 saturated carbocycles. The van der Waals surface area contributed by atoms with Crippen molar-refractivity contribution in [2.45, 2.75) is 75.1 Å². The number of anilines is 1. The van der Waals surface area contributed by atoms with Crippen LogP contribution in [0.3, 0.4) is 0 Å². The normalized spacial score (nSPS) is 24.4. The number of nitrogens with zero attached hydrogens (tertiary/aromatic N) is 2. The zero-order valence-electron chi connectivity index (χ0n) is 25.0. The predicted octanol–water partition coefficient (Wildman–Crippen LogP) is 1.60. The fraction of sp³-hybridized carbons (Fsp3) is 0.438. The molecule has 3 atom stereocenters. The molecular formula is C32H36N6O7. The van der Waals surface area contributed by atoms with Crippen molar-refractivity contribution in [3.05, 3.63) is 59.7 Å². The molecule has 0 bridgehead atoms. The number of oxime groups is 1. The van der Waals surface area contributed by atoms with Gasteiger partial charge in [-0.25, -0.2) is 0 Å². The van der Waals surface area contributed by atoms with Crippen molar-refractivity contribution in [3.8, 4) is 5.75 Å². The van der Waals surface area contributed by atoms with Gasteiger partial charge in [0.1, 0.15) is 23.4 Å². The van der Waals surface area contributed by atoms with E-state index in [0.717, 1.165) is 6.42 Å². The highest BCUT2D eigenvalue weighted by Crippen LogP contribution is 2.41. The van der Waals surface area contributed by atoms with E-state index in [4.69, 9.17) is 15.3 Å². The van der Waals surface area contributed by atoms with Crippen LogP contribution in [0.15, 0.2) is 53.7 Å². The lowest BCUT2D eigenvalue weighted by Gasteiger charge is -2.25. The van der Waals surface area contributed by atoms with Gasteiger partial charge in [-0.05, 0) is 62.1 Å². The van der Waals surface area contributed by atoms with Crippen LogP contribution in [0.5, 0.6) is 5.75 Å². The van der Waals surface area contributed by atoms with Crippen molar-refractivity contribution in [3.63, 3.8) is 0 Å². The molecule has 3 heterocycles. The maximum atomic E-state index is 13.8. The topological polar surface area (TPSA) is 182 Å². The molecule has 236 valence electrons. The average molecular weight is 617 g/mol. The number of likely N-dealkylation sites (tertiary alicyclic amines) is 1.